The van der Waals surface area contributed by atoms with Gasteiger partial charge in [-0.25, -0.2) is 0 Å². The summed E-state index contributed by atoms with van der Waals surface area (Å²) in [6, 6.07) is 13.9. The van der Waals surface area contributed by atoms with E-state index in [0.717, 1.165) is 47.0 Å². The van der Waals surface area contributed by atoms with Crippen LogP contribution in [0.25, 0.3) is 0 Å². The Morgan fingerprint density at radius 1 is 1.07 bits per heavy atom. The SMILES string of the molecule is CCOc1ccccc1OCCNC(C)Cc1ccc(OC)c(SOON)c1. The average molecular weight is 409 g/mol. The molecule has 2 aromatic carbocycles. The lowest BCUT2D eigenvalue weighted by Gasteiger charge is -2.16. The van der Waals surface area contributed by atoms with Gasteiger partial charge >= 0.3 is 0 Å². The summed E-state index contributed by atoms with van der Waals surface area (Å²) in [4.78, 5) is 4.96. The summed E-state index contributed by atoms with van der Waals surface area (Å²) in [7, 11) is 1.61. The van der Waals surface area contributed by atoms with Crippen molar-refractivity contribution in [2.75, 3.05) is 26.9 Å². The van der Waals surface area contributed by atoms with E-state index in [2.05, 4.69) is 17.2 Å². The third-order valence-corrected chi connectivity index (χ3v) is 4.58. The molecule has 2 rings (SSSR count). The number of nitrogens with one attached hydrogen (secondary N) is 1. The molecule has 154 valence electrons. The smallest absolute Gasteiger partial charge is 0.161 e. The molecular weight excluding hydrogens is 380 g/mol. The molecule has 0 radical (unpaired) electrons. The monoisotopic (exact) mass is 408 g/mol. The van der Waals surface area contributed by atoms with Gasteiger partial charge in [-0.3, -0.25) is 0 Å². The zero-order valence-corrected chi connectivity index (χ0v) is 17.3. The summed E-state index contributed by atoms with van der Waals surface area (Å²) < 4.78 is 21.5. The normalized spacial score (nSPS) is 11.9. The maximum atomic E-state index is 5.83. The summed E-state index contributed by atoms with van der Waals surface area (Å²) in [6.07, 6.45) is 0.844. The van der Waals surface area contributed by atoms with E-state index in [-0.39, 0.29) is 6.04 Å². The van der Waals surface area contributed by atoms with Crippen molar-refractivity contribution in [3.05, 3.63) is 48.0 Å². The van der Waals surface area contributed by atoms with Crippen molar-refractivity contribution in [1.29, 1.82) is 0 Å². The number of ether oxygens (including phenoxy) is 3. The average Bonchev–Trinajstić information content (AvgIpc) is 2.71. The molecule has 0 fully saturated rings. The van der Waals surface area contributed by atoms with Crippen molar-refractivity contribution in [2.45, 2.75) is 31.2 Å². The highest BCUT2D eigenvalue weighted by Crippen LogP contribution is 2.31. The van der Waals surface area contributed by atoms with E-state index in [1.165, 1.54) is 0 Å². The number of hydrogen-bond donors (Lipinski definition) is 2. The van der Waals surface area contributed by atoms with Crippen molar-refractivity contribution in [3.8, 4) is 17.2 Å². The van der Waals surface area contributed by atoms with E-state index in [4.69, 9.17) is 24.4 Å². The lowest BCUT2D eigenvalue weighted by molar-refractivity contribution is -0.195. The van der Waals surface area contributed by atoms with Gasteiger partial charge in [0.15, 0.2) is 11.5 Å². The standard InChI is InChI=1S/C20H28N2O5S/c1-4-24-17-7-5-6-8-18(17)25-12-11-22-15(2)13-16-9-10-19(23-3)20(14-16)28-27-26-21/h5-10,14-15,22H,4,11-13,21H2,1-3H3. The number of methoxy groups -OCH3 is 1. The summed E-state index contributed by atoms with van der Waals surface area (Å²) >= 11 is 1.01. The van der Waals surface area contributed by atoms with Gasteiger partial charge in [0.2, 0.25) is 0 Å². The molecular formula is C20H28N2O5S. The maximum Gasteiger partial charge on any atom is 0.161 e. The van der Waals surface area contributed by atoms with Crippen LogP contribution in [0.15, 0.2) is 47.4 Å². The van der Waals surface area contributed by atoms with Crippen LogP contribution in [0.3, 0.4) is 0 Å². The molecule has 2 aromatic rings. The molecule has 0 aliphatic carbocycles. The second-order valence-corrected chi connectivity index (χ2v) is 6.76. The van der Waals surface area contributed by atoms with Gasteiger partial charge < -0.3 is 19.5 Å². The Hall–Kier alpha value is -1.97. The van der Waals surface area contributed by atoms with Crippen LogP contribution >= 0.6 is 12.0 Å². The van der Waals surface area contributed by atoms with Crippen molar-refractivity contribution in [3.63, 3.8) is 0 Å². The first-order chi connectivity index (χ1) is 13.7. The lowest BCUT2D eigenvalue weighted by Crippen LogP contribution is -2.31. The van der Waals surface area contributed by atoms with E-state index in [0.29, 0.717) is 19.0 Å². The van der Waals surface area contributed by atoms with E-state index in [9.17, 15) is 0 Å². The topological polar surface area (TPSA) is 84.2 Å². The maximum absolute atomic E-state index is 5.83. The Kier molecular flexibility index (Phi) is 9.95. The number of hydrogen-bond acceptors (Lipinski definition) is 8. The van der Waals surface area contributed by atoms with Gasteiger partial charge in [-0.2, -0.15) is 5.90 Å². The van der Waals surface area contributed by atoms with E-state index in [1.54, 1.807) is 7.11 Å². The van der Waals surface area contributed by atoms with Crippen molar-refractivity contribution in [2.24, 2.45) is 5.90 Å². The molecule has 0 saturated carbocycles. The third-order valence-electron chi connectivity index (χ3n) is 3.93. The van der Waals surface area contributed by atoms with Gasteiger partial charge in [0, 0.05) is 12.6 Å². The molecule has 0 amide bonds. The molecule has 0 bridgehead atoms. The fourth-order valence-electron chi connectivity index (χ4n) is 2.71. The highest BCUT2D eigenvalue weighted by atomic mass is 32.2. The van der Waals surface area contributed by atoms with Gasteiger partial charge in [0.25, 0.3) is 0 Å². The van der Waals surface area contributed by atoms with Crippen LogP contribution in [-0.4, -0.2) is 32.9 Å². The summed E-state index contributed by atoms with van der Waals surface area (Å²) in [5.41, 5.74) is 1.14. The fourth-order valence-corrected chi connectivity index (χ4v) is 3.25. The number of benzene rings is 2. The van der Waals surface area contributed by atoms with Crippen LogP contribution < -0.4 is 25.4 Å². The number of rotatable bonds is 13. The third kappa shape index (κ3) is 7.21. The Balaban J connectivity index is 1.80. The Morgan fingerprint density at radius 2 is 1.82 bits per heavy atom. The number of para-hydroxylation sites is 2. The van der Waals surface area contributed by atoms with Crippen LogP contribution in [0.1, 0.15) is 19.4 Å². The van der Waals surface area contributed by atoms with Crippen molar-refractivity contribution in [1.82, 2.24) is 5.32 Å². The largest absolute Gasteiger partial charge is 0.495 e. The predicted molar refractivity (Wildman–Crippen MR) is 109 cm³/mol. The van der Waals surface area contributed by atoms with Crippen LogP contribution in [0.4, 0.5) is 0 Å². The molecule has 0 aliphatic heterocycles. The fraction of sp³-hybridized carbons (Fsp3) is 0.400. The van der Waals surface area contributed by atoms with Gasteiger partial charge in [0.05, 0.1) is 30.7 Å². The van der Waals surface area contributed by atoms with Crippen molar-refractivity contribution < 1.29 is 23.5 Å². The lowest BCUT2D eigenvalue weighted by atomic mass is 10.1. The first kappa shape index (κ1) is 22.3. The molecule has 0 aromatic heterocycles. The zero-order chi connectivity index (χ0) is 20.2. The molecule has 3 N–H and O–H groups in total. The minimum atomic E-state index is 0.267. The molecule has 0 aliphatic rings. The molecule has 1 atom stereocenters. The second kappa shape index (κ2) is 12.5. The highest BCUT2D eigenvalue weighted by Gasteiger charge is 2.10. The van der Waals surface area contributed by atoms with E-state index in [1.807, 2.05) is 49.4 Å². The quantitative estimate of drug-likeness (QED) is 0.225. The van der Waals surface area contributed by atoms with Gasteiger partial charge in [-0.1, -0.05) is 18.2 Å². The van der Waals surface area contributed by atoms with Gasteiger partial charge in [0.1, 0.15) is 12.4 Å². The van der Waals surface area contributed by atoms with E-state index < -0.39 is 0 Å². The Labute approximate surface area is 170 Å². The number of nitrogens with two attached hydrogens (primary N) is 1. The molecule has 0 heterocycles. The molecule has 7 nitrogen and oxygen atoms in total. The summed E-state index contributed by atoms with van der Waals surface area (Å²) in [6.45, 7) is 5.98. The molecule has 0 saturated heterocycles. The van der Waals surface area contributed by atoms with Gasteiger partial charge in [-0.05, 0) is 50.1 Å². The summed E-state index contributed by atoms with van der Waals surface area (Å²) in [5.74, 6) is 7.14. The molecule has 1 unspecified atom stereocenters. The van der Waals surface area contributed by atoms with Crippen LogP contribution in [0, 0.1) is 0 Å². The minimum Gasteiger partial charge on any atom is -0.495 e. The first-order valence-electron chi connectivity index (χ1n) is 9.13. The van der Waals surface area contributed by atoms with Crippen LogP contribution in [-0.2, 0) is 15.7 Å². The van der Waals surface area contributed by atoms with Crippen molar-refractivity contribution >= 4 is 12.0 Å². The van der Waals surface area contributed by atoms with E-state index >= 15 is 0 Å². The molecule has 28 heavy (non-hydrogen) atoms. The van der Waals surface area contributed by atoms with Crippen LogP contribution in [0.2, 0.25) is 0 Å². The van der Waals surface area contributed by atoms with Crippen LogP contribution in [0.5, 0.6) is 17.2 Å². The first-order valence-corrected chi connectivity index (χ1v) is 9.87. The molecule has 8 heteroatoms. The zero-order valence-electron chi connectivity index (χ0n) is 16.5. The highest BCUT2D eigenvalue weighted by molar-refractivity contribution is 7.94. The predicted octanol–water partition coefficient (Wildman–Crippen LogP) is 3.52. The molecule has 0 spiro atoms. The summed E-state index contributed by atoms with van der Waals surface area (Å²) in [5, 5.41) is 3.46. The van der Waals surface area contributed by atoms with Gasteiger partial charge in [-0.15, -0.1) is 9.32 Å². The second-order valence-electron chi connectivity index (χ2n) is 6.02. The Bertz CT molecular complexity index is 717. The Morgan fingerprint density at radius 3 is 2.50 bits per heavy atom. The minimum absolute atomic E-state index is 0.267.